The molecule has 0 aliphatic carbocycles. The van der Waals surface area contributed by atoms with Crippen molar-refractivity contribution in [3.05, 3.63) is 117 Å². The highest BCUT2D eigenvalue weighted by Crippen LogP contribution is 2.27. The van der Waals surface area contributed by atoms with E-state index < -0.39 is 0 Å². The minimum Gasteiger partial charge on any atom is -0.438 e. The van der Waals surface area contributed by atoms with E-state index in [-0.39, 0.29) is 23.9 Å². The van der Waals surface area contributed by atoms with Crippen molar-refractivity contribution in [2.45, 2.75) is 13.5 Å². The Morgan fingerprint density at radius 1 is 1.15 bits per heavy atom. The number of carbonyl (C=O) groups excluding carboxylic acids is 1. The summed E-state index contributed by atoms with van der Waals surface area (Å²) in [6.45, 7) is 2.08. The summed E-state index contributed by atoms with van der Waals surface area (Å²) in [5.74, 6) is 0.335. The number of nitrogens with zero attached hydrogens (tertiary/aromatic N) is 3. The SMILES string of the molecule is Cc1cc(Oc2ncccc2C#N)ccc1NC(=O)c1ccc(=O)n(Cc2ccccc2Cl)c1. The van der Waals surface area contributed by atoms with Crippen LogP contribution in [-0.4, -0.2) is 15.5 Å². The van der Waals surface area contributed by atoms with Gasteiger partial charge in [0.1, 0.15) is 17.4 Å². The van der Waals surface area contributed by atoms with Gasteiger partial charge in [-0.1, -0.05) is 29.8 Å². The Bertz CT molecular complexity index is 1470. The van der Waals surface area contributed by atoms with Gasteiger partial charge in [0, 0.05) is 29.2 Å². The fourth-order valence-electron chi connectivity index (χ4n) is 3.30. The Kier molecular flexibility index (Phi) is 6.72. The number of anilines is 1. The zero-order chi connectivity index (χ0) is 24.1. The number of hydrogen-bond acceptors (Lipinski definition) is 5. The lowest BCUT2D eigenvalue weighted by atomic mass is 10.1. The van der Waals surface area contributed by atoms with Crippen molar-refractivity contribution in [3.8, 4) is 17.7 Å². The molecule has 0 saturated carbocycles. The van der Waals surface area contributed by atoms with E-state index in [4.69, 9.17) is 16.3 Å². The smallest absolute Gasteiger partial charge is 0.257 e. The number of benzene rings is 2. The lowest BCUT2D eigenvalue weighted by molar-refractivity contribution is 0.102. The highest BCUT2D eigenvalue weighted by Gasteiger charge is 2.12. The van der Waals surface area contributed by atoms with Gasteiger partial charge in [0.05, 0.1) is 12.1 Å². The first kappa shape index (κ1) is 22.8. The summed E-state index contributed by atoms with van der Waals surface area (Å²) in [7, 11) is 0. The van der Waals surface area contributed by atoms with Crippen LogP contribution in [0.3, 0.4) is 0 Å². The van der Waals surface area contributed by atoms with Gasteiger partial charge in [-0.05, 0) is 60.5 Å². The molecule has 0 saturated heterocycles. The van der Waals surface area contributed by atoms with Gasteiger partial charge in [-0.25, -0.2) is 4.98 Å². The predicted molar refractivity (Wildman–Crippen MR) is 129 cm³/mol. The lowest BCUT2D eigenvalue weighted by Gasteiger charge is -2.13. The monoisotopic (exact) mass is 470 g/mol. The number of ether oxygens (including phenoxy) is 1. The Hall–Kier alpha value is -4.41. The standard InChI is InChI=1S/C26H19ClN4O3/c1-17-13-21(34-26-18(14-28)6-4-12-29-26)9-10-23(17)30-25(33)20-8-11-24(32)31(16-20)15-19-5-2-3-7-22(19)27/h2-13,16H,15H2,1H3,(H,30,33). The minimum atomic E-state index is -0.360. The topological polar surface area (TPSA) is 97.0 Å². The molecule has 2 aromatic heterocycles. The summed E-state index contributed by atoms with van der Waals surface area (Å²) >= 11 is 6.21. The first-order valence-electron chi connectivity index (χ1n) is 10.3. The van der Waals surface area contributed by atoms with Crippen LogP contribution in [0.2, 0.25) is 5.02 Å². The molecule has 2 aromatic carbocycles. The van der Waals surface area contributed by atoms with E-state index in [1.165, 1.54) is 22.9 Å². The highest BCUT2D eigenvalue weighted by atomic mass is 35.5. The van der Waals surface area contributed by atoms with E-state index in [0.29, 0.717) is 27.6 Å². The van der Waals surface area contributed by atoms with E-state index in [9.17, 15) is 14.9 Å². The average molecular weight is 471 g/mol. The predicted octanol–water partition coefficient (Wildman–Crippen LogP) is 5.17. The maximum Gasteiger partial charge on any atom is 0.257 e. The molecule has 8 heteroatoms. The van der Waals surface area contributed by atoms with E-state index in [0.717, 1.165) is 11.1 Å². The zero-order valence-electron chi connectivity index (χ0n) is 18.2. The van der Waals surface area contributed by atoms with Gasteiger partial charge in [-0.3, -0.25) is 9.59 Å². The quantitative estimate of drug-likeness (QED) is 0.419. The van der Waals surface area contributed by atoms with E-state index in [2.05, 4.69) is 10.3 Å². The molecule has 1 N–H and O–H groups in total. The molecule has 0 fully saturated rings. The van der Waals surface area contributed by atoms with Gasteiger partial charge >= 0.3 is 0 Å². The third kappa shape index (κ3) is 5.14. The maximum absolute atomic E-state index is 12.9. The van der Waals surface area contributed by atoms with Crippen molar-refractivity contribution >= 4 is 23.2 Å². The van der Waals surface area contributed by atoms with Crippen LogP contribution in [0.5, 0.6) is 11.6 Å². The second-order valence-corrected chi connectivity index (χ2v) is 7.88. The Labute approximate surface area is 200 Å². The van der Waals surface area contributed by atoms with E-state index in [1.807, 2.05) is 31.2 Å². The Morgan fingerprint density at radius 2 is 1.97 bits per heavy atom. The van der Waals surface area contributed by atoms with Crippen molar-refractivity contribution in [2.75, 3.05) is 5.32 Å². The fourth-order valence-corrected chi connectivity index (χ4v) is 3.50. The maximum atomic E-state index is 12.9. The van der Waals surface area contributed by atoms with Crippen LogP contribution < -0.4 is 15.6 Å². The number of amides is 1. The number of hydrogen-bond donors (Lipinski definition) is 1. The second-order valence-electron chi connectivity index (χ2n) is 7.48. The molecule has 0 atom stereocenters. The molecule has 0 aliphatic rings. The lowest BCUT2D eigenvalue weighted by Crippen LogP contribution is -2.22. The first-order chi connectivity index (χ1) is 16.4. The molecule has 168 valence electrons. The van der Waals surface area contributed by atoms with Crippen molar-refractivity contribution in [3.63, 3.8) is 0 Å². The molecule has 1 amide bonds. The largest absolute Gasteiger partial charge is 0.438 e. The Balaban J connectivity index is 1.51. The van der Waals surface area contributed by atoms with Gasteiger partial charge < -0.3 is 14.6 Å². The number of nitriles is 1. The highest BCUT2D eigenvalue weighted by molar-refractivity contribution is 6.31. The van der Waals surface area contributed by atoms with Crippen LogP contribution in [0.1, 0.15) is 27.0 Å². The number of carbonyl (C=O) groups is 1. The molecule has 0 radical (unpaired) electrons. The molecule has 4 aromatic rings. The van der Waals surface area contributed by atoms with Crippen LogP contribution in [0.25, 0.3) is 0 Å². The summed E-state index contributed by atoms with van der Waals surface area (Å²) in [4.78, 5) is 29.3. The molecule has 34 heavy (non-hydrogen) atoms. The van der Waals surface area contributed by atoms with Gasteiger partial charge in [0.15, 0.2) is 0 Å². The van der Waals surface area contributed by atoms with Crippen LogP contribution >= 0.6 is 11.6 Å². The zero-order valence-corrected chi connectivity index (χ0v) is 18.9. The molecule has 0 aliphatic heterocycles. The number of nitrogens with one attached hydrogen (secondary N) is 1. The first-order valence-corrected chi connectivity index (χ1v) is 10.7. The van der Waals surface area contributed by atoms with Crippen molar-refractivity contribution < 1.29 is 9.53 Å². The van der Waals surface area contributed by atoms with Gasteiger partial charge in [-0.15, -0.1) is 0 Å². The van der Waals surface area contributed by atoms with Crippen LogP contribution in [0.4, 0.5) is 5.69 Å². The molecule has 0 bridgehead atoms. The van der Waals surface area contributed by atoms with Crippen LogP contribution in [-0.2, 0) is 6.54 Å². The van der Waals surface area contributed by atoms with E-state index in [1.54, 1.807) is 42.6 Å². The third-order valence-corrected chi connectivity index (χ3v) is 5.47. The number of pyridine rings is 2. The summed E-state index contributed by atoms with van der Waals surface area (Å²) in [5.41, 5.74) is 2.54. The van der Waals surface area contributed by atoms with Crippen molar-refractivity contribution in [1.29, 1.82) is 5.26 Å². The van der Waals surface area contributed by atoms with Crippen molar-refractivity contribution in [2.24, 2.45) is 0 Å². The summed E-state index contributed by atoms with van der Waals surface area (Å²) in [6.07, 6.45) is 3.06. The van der Waals surface area contributed by atoms with Crippen molar-refractivity contribution in [1.82, 2.24) is 9.55 Å². The Morgan fingerprint density at radius 3 is 2.74 bits per heavy atom. The molecule has 2 heterocycles. The van der Waals surface area contributed by atoms with E-state index >= 15 is 0 Å². The van der Waals surface area contributed by atoms with Crippen LogP contribution in [0.15, 0.2) is 83.9 Å². The third-order valence-electron chi connectivity index (χ3n) is 5.10. The normalized spacial score (nSPS) is 10.4. The van der Waals surface area contributed by atoms with Gasteiger partial charge in [0.25, 0.3) is 11.5 Å². The number of rotatable bonds is 6. The molecule has 0 spiro atoms. The number of aryl methyl sites for hydroxylation is 1. The summed E-state index contributed by atoms with van der Waals surface area (Å²) < 4.78 is 7.17. The number of halogens is 1. The molecule has 0 unspecified atom stereocenters. The summed E-state index contributed by atoms with van der Waals surface area (Å²) in [5, 5.41) is 12.6. The molecular formula is C26H19ClN4O3. The molecule has 4 rings (SSSR count). The van der Waals surface area contributed by atoms with Crippen LogP contribution in [0, 0.1) is 18.3 Å². The second kappa shape index (κ2) is 10.0. The van der Waals surface area contributed by atoms with Gasteiger partial charge in [-0.2, -0.15) is 5.26 Å². The van der Waals surface area contributed by atoms with Gasteiger partial charge in [0.2, 0.25) is 5.88 Å². The fraction of sp³-hybridized carbons (Fsp3) is 0.0769. The summed E-state index contributed by atoms with van der Waals surface area (Å²) in [6, 6.07) is 20.5. The molecular weight excluding hydrogens is 452 g/mol. The number of aromatic nitrogens is 2. The minimum absolute atomic E-state index is 0.210. The molecule has 7 nitrogen and oxygen atoms in total. The average Bonchev–Trinajstić information content (AvgIpc) is 2.84.